The molecule has 1 atom stereocenters. The Labute approximate surface area is 140 Å². The van der Waals surface area contributed by atoms with E-state index in [2.05, 4.69) is 33.9 Å². The molecule has 0 aromatic heterocycles. The van der Waals surface area contributed by atoms with Crippen molar-refractivity contribution in [2.45, 2.75) is 51.4 Å². The summed E-state index contributed by atoms with van der Waals surface area (Å²) in [6.45, 7) is 10.9. The third-order valence-electron chi connectivity index (χ3n) is 3.86. The van der Waals surface area contributed by atoms with Gasteiger partial charge in [-0.05, 0) is 42.2 Å². The molecule has 0 saturated heterocycles. The average molecular weight is 301 g/mol. The molecule has 0 spiro atoms. The normalized spacial score (nSPS) is 13.2. The van der Waals surface area contributed by atoms with Gasteiger partial charge in [0.2, 0.25) is 8.32 Å². The molecule has 0 fully saturated rings. The molecule has 4 nitrogen and oxygen atoms in total. The van der Waals surface area contributed by atoms with Gasteiger partial charge in [0.05, 0.1) is 5.97 Å². The predicted molar refractivity (Wildman–Crippen MR) is 81.0 cm³/mol. The fourth-order valence-electron chi connectivity index (χ4n) is 1.48. The number of carboxylic acid groups (broad SMARTS) is 1. The molecule has 0 amide bonds. The quantitative estimate of drug-likeness (QED) is 0.686. The van der Waals surface area contributed by atoms with Crippen LogP contribution in [0.15, 0.2) is 24.3 Å². The first-order chi connectivity index (χ1) is 9.03. The molecule has 0 aliphatic rings. The molecule has 0 aliphatic heterocycles. The van der Waals surface area contributed by atoms with Crippen LogP contribution in [0, 0.1) is 0 Å². The van der Waals surface area contributed by atoms with Gasteiger partial charge in [-0.15, -0.1) is 0 Å². The second kappa shape index (κ2) is 7.50. The Kier molecular flexibility index (Phi) is 7.24. The Morgan fingerprint density at radius 3 is 2.14 bits per heavy atom. The third-order valence-corrected chi connectivity index (χ3v) is 8.22. The van der Waals surface area contributed by atoms with Gasteiger partial charge in [0.15, 0.2) is 0 Å². The summed E-state index contributed by atoms with van der Waals surface area (Å²) in [5.74, 6) is -0.408. The molecule has 1 aromatic carbocycles. The van der Waals surface area contributed by atoms with Gasteiger partial charge in [-0.2, -0.15) is 0 Å². The fourth-order valence-corrected chi connectivity index (χ4v) is 2.51. The number of hydrogen-bond donors (Lipinski definition) is 1. The van der Waals surface area contributed by atoms with Crippen LogP contribution in [0.2, 0.25) is 18.1 Å². The van der Waals surface area contributed by atoms with E-state index < -0.39 is 20.3 Å². The minimum absolute atomic E-state index is 0. The first-order valence-corrected chi connectivity index (χ1v) is 9.68. The van der Waals surface area contributed by atoms with Crippen molar-refractivity contribution in [2.75, 3.05) is 0 Å². The second-order valence-corrected chi connectivity index (χ2v) is 11.4. The van der Waals surface area contributed by atoms with Crippen LogP contribution >= 0.6 is 0 Å². The monoisotopic (exact) mass is 301 g/mol. The smallest absolute Gasteiger partial charge is 0.548 e. The minimum atomic E-state index is -1.84. The van der Waals surface area contributed by atoms with Crippen molar-refractivity contribution in [1.82, 2.24) is 0 Å². The first-order valence-electron chi connectivity index (χ1n) is 6.77. The summed E-state index contributed by atoms with van der Waals surface area (Å²) >= 11 is 0. The summed E-state index contributed by atoms with van der Waals surface area (Å²) in [5.41, 5.74) is 6.32. The predicted octanol–water partition coefficient (Wildman–Crippen LogP) is -1.31. The van der Waals surface area contributed by atoms with Crippen LogP contribution < -0.4 is 34.1 Å². The number of carboxylic acids is 1. The van der Waals surface area contributed by atoms with E-state index in [1.54, 1.807) is 0 Å². The maximum Gasteiger partial charge on any atom is 1.00 e. The largest absolute Gasteiger partial charge is 1.00 e. The maximum atomic E-state index is 10.6. The zero-order chi connectivity index (χ0) is 15.6. The van der Waals surface area contributed by atoms with Crippen LogP contribution in [0.4, 0.5) is 0 Å². The van der Waals surface area contributed by atoms with E-state index in [9.17, 15) is 9.90 Å². The molecule has 21 heavy (non-hydrogen) atoms. The van der Waals surface area contributed by atoms with Crippen molar-refractivity contribution < 1.29 is 33.2 Å². The van der Waals surface area contributed by atoms with E-state index in [-0.39, 0.29) is 30.3 Å². The number of carbonyl (C=O) groups excluding carboxylic acids is 1. The first kappa shape index (κ1) is 20.3. The van der Waals surface area contributed by atoms with Crippen molar-refractivity contribution in [1.29, 1.82) is 0 Å². The molecule has 1 aromatic rings. The van der Waals surface area contributed by atoms with Gasteiger partial charge in [0, 0.05) is 6.04 Å². The van der Waals surface area contributed by atoms with Gasteiger partial charge < -0.3 is 20.1 Å². The molecule has 0 unspecified atom stereocenters. The van der Waals surface area contributed by atoms with Crippen LogP contribution in [-0.2, 0) is 11.2 Å². The van der Waals surface area contributed by atoms with Crippen LogP contribution in [0.3, 0.4) is 0 Å². The maximum absolute atomic E-state index is 10.6. The molecule has 0 heterocycles. The summed E-state index contributed by atoms with van der Waals surface area (Å²) < 4.78 is 6.15. The van der Waals surface area contributed by atoms with E-state index in [0.717, 1.165) is 11.3 Å². The molecule has 1 rings (SSSR count). The van der Waals surface area contributed by atoms with Gasteiger partial charge in [-0.3, -0.25) is 0 Å². The second-order valence-electron chi connectivity index (χ2n) is 6.64. The number of nitrogens with two attached hydrogens (primary N) is 1. The topological polar surface area (TPSA) is 75.4 Å². The van der Waals surface area contributed by atoms with Crippen molar-refractivity contribution in [3.63, 3.8) is 0 Å². The van der Waals surface area contributed by atoms with Crippen molar-refractivity contribution >= 4 is 14.3 Å². The van der Waals surface area contributed by atoms with Crippen LogP contribution in [0.1, 0.15) is 26.3 Å². The van der Waals surface area contributed by atoms with Gasteiger partial charge in [0.25, 0.3) is 0 Å². The Morgan fingerprint density at radius 2 is 1.76 bits per heavy atom. The van der Waals surface area contributed by atoms with E-state index >= 15 is 0 Å². The molecular weight excluding hydrogens is 277 g/mol. The third kappa shape index (κ3) is 5.87. The fraction of sp³-hybridized carbons (Fsp3) is 0.533. The molecule has 0 bridgehead atoms. The molecule has 112 valence electrons. The van der Waals surface area contributed by atoms with Crippen molar-refractivity contribution in [3.8, 4) is 5.75 Å². The van der Waals surface area contributed by atoms with Crippen LogP contribution in [0.25, 0.3) is 0 Å². The number of benzene rings is 1. The van der Waals surface area contributed by atoms with Crippen LogP contribution in [0.5, 0.6) is 5.75 Å². The van der Waals surface area contributed by atoms with E-state index in [0.29, 0.717) is 0 Å². The summed E-state index contributed by atoms with van der Waals surface area (Å²) in [7, 11) is -1.84. The molecular formula is C15H24LiNO3Si. The number of carbonyl (C=O) groups is 1. The standard InChI is InChI=1S/C15H25NO3Si.Li/c1-15(2,3)20(4,5)19-12-8-6-11(7-9-12)10-13(16)14(17)18;/h6-9,13H,10,16H2,1-5H3,(H,17,18);/q;+1/p-1/t13-;/m0./s1. The van der Waals surface area contributed by atoms with Crippen molar-refractivity contribution in [3.05, 3.63) is 29.8 Å². The summed E-state index contributed by atoms with van der Waals surface area (Å²) in [5, 5.41) is 10.8. The Morgan fingerprint density at radius 1 is 1.29 bits per heavy atom. The molecule has 6 heteroatoms. The average Bonchev–Trinajstić information content (AvgIpc) is 2.29. The molecule has 0 saturated carbocycles. The Balaban J connectivity index is 0.00000400. The van der Waals surface area contributed by atoms with Gasteiger partial charge in [0.1, 0.15) is 5.75 Å². The SMILES string of the molecule is CC(C)(C)[Si](C)(C)Oc1ccc(C[C@H](N)C(=O)[O-])cc1.[Li+]. The van der Waals surface area contributed by atoms with Crippen molar-refractivity contribution in [2.24, 2.45) is 5.73 Å². The zero-order valence-corrected chi connectivity index (χ0v) is 14.9. The molecule has 0 radical (unpaired) electrons. The summed E-state index contributed by atoms with van der Waals surface area (Å²) in [6.07, 6.45) is 0.267. The minimum Gasteiger partial charge on any atom is -0.548 e. The molecule has 2 N–H and O–H groups in total. The Hall–Kier alpha value is -0.736. The van der Waals surface area contributed by atoms with E-state index in [1.165, 1.54) is 0 Å². The summed E-state index contributed by atoms with van der Waals surface area (Å²) in [6, 6.07) is 6.48. The number of aliphatic carboxylic acids is 1. The van der Waals surface area contributed by atoms with Gasteiger partial charge >= 0.3 is 18.9 Å². The zero-order valence-electron chi connectivity index (χ0n) is 13.9. The van der Waals surface area contributed by atoms with E-state index in [1.807, 2.05) is 24.3 Å². The van der Waals surface area contributed by atoms with E-state index in [4.69, 9.17) is 10.2 Å². The Bertz CT molecular complexity index is 469. The number of rotatable bonds is 5. The van der Waals surface area contributed by atoms with Gasteiger partial charge in [-0.25, -0.2) is 0 Å². The summed E-state index contributed by atoms with van der Waals surface area (Å²) in [4.78, 5) is 10.6. The van der Waals surface area contributed by atoms with Gasteiger partial charge in [-0.1, -0.05) is 32.9 Å². The van der Waals surface area contributed by atoms with Crippen LogP contribution in [-0.4, -0.2) is 20.3 Å². The number of hydrogen-bond acceptors (Lipinski definition) is 4. The molecule has 0 aliphatic carbocycles.